The fourth-order valence-corrected chi connectivity index (χ4v) is 3.49. The number of hydrogen-bond acceptors (Lipinski definition) is 5. The number of benzene rings is 1. The summed E-state index contributed by atoms with van der Waals surface area (Å²) in [6, 6.07) is 6.72. The van der Waals surface area contributed by atoms with Crippen molar-refractivity contribution in [1.29, 1.82) is 0 Å². The fraction of sp³-hybridized carbons (Fsp3) is 0.680. The van der Waals surface area contributed by atoms with Gasteiger partial charge in [-0.3, -0.25) is 0 Å². The van der Waals surface area contributed by atoms with Gasteiger partial charge in [0.1, 0.15) is 11.1 Å². The number of anilines is 1. The third kappa shape index (κ3) is 10.6. The molecule has 0 aliphatic heterocycles. The van der Waals surface area contributed by atoms with Crippen LogP contribution in [0.15, 0.2) is 22.6 Å². The Morgan fingerprint density at radius 3 is 2.35 bits per heavy atom. The van der Waals surface area contributed by atoms with Gasteiger partial charge in [-0.1, -0.05) is 64.4 Å². The first-order chi connectivity index (χ1) is 14.9. The normalized spacial score (nSPS) is 11.6. The number of carbonyl (C=O) groups excluding carboxylic acids is 1. The minimum absolute atomic E-state index is 0.423. The van der Waals surface area contributed by atoms with Gasteiger partial charge >= 0.3 is 6.09 Å². The lowest BCUT2D eigenvalue weighted by molar-refractivity contribution is 0.0530. The van der Waals surface area contributed by atoms with Crippen LogP contribution in [0.5, 0.6) is 0 Å². The Kier molecular flexibility index (Phi) is 10.7. The summed E-state index contributed by atoms with van der Waals surface area (Å²) in [6.07, 6.45) is 12.7. The Labute approximate surface area is 187 Å². The summed E-state index contributed by atoms with van der Waals surface area (Å²) < 4.78 is 11.0. The monoisotopic (exact) mass is 431 g/mol. The van der Waals surface area contributed by atoms with E-state index in [1.807, 2.05) is 26.8 Å². The molecule has 1 heterocycles. The fourth-order valence-electron chi connectivity index (χ4n) is 3.49. The topological polar surface area (TPSA) is 76.4 Å². The third-order valence-corrected chi connectivity index (χ3v) is 5.09. The number of rotatable bonds is 14. The summed E-state index contributed by atoms with van der Waals surface area (Å²) in [5.41, 5.74) is 2.46. The zero-order chi connectivity index (χ0) is 22.5. The second-order valence-corrected chi connectivity index (χ2v) is 9.25. The van der Waals surface area contributed by atoms with Crippen LogP contribution in [0.2, 0.25) is 0 Å². The molecule has 0 unspecified atom stereocenters. The Balaban J connectivity index is 1.65. The molecule has 1 amide bonds. The second-order valence-electron chi connectivity index (χ2n) is 9.25. The lowest BCUT2D eigenvalue weighted by Crippen LogP contribution is -2.35. The van der Waals surface area contributed by atoms with Gasteiger partial charge in [0.05, 0.1) is 0 Å². The molecule has 0 aliphatic rings. The van der Waals surface area contributed by atoms with Crippen LogP contribution in [-0.2, 0) is 11.2 Å². The quantitative estimate of drug-likeness (QED) is 0.320. The van der Waals surface area contributed by atoms with Gasteiger partial charge in [0, 0.05) is 13.1 Å². The predicted molar refractivity (Wildman–Crippen MR) is 128 cm³/mol. The number of nitrogens with one attached hydrogen (secondary N) is 2. The molecule has 0 aliphatic carbocycles. The standard InChI is InChI=1S/C25H41N3O3/c1-5-6-7-8-9-10-11-12-13-14-20-15-16-22-21(19-20)28-23(30-22)26-17-18-27-24(29)31-25(2,3)4/h15-16,19H,5-14,17-18H2,1-4H3,(H,26,28)(H,27,29). The molecule has 2 aromatic rings. The van der Waals surface area contributed by atoms with Crippen LogP contribution >= 0.6 is 0 Å². The Morgan fingerprint density at radius 2 is 1.68 bits per heavy atom. The van der Waals surface area contributed by atoms with E-state index in [2.05, 4.69) is 34.7 Å². The molecule has 1 aromatic heterocycles. The van der Waals surface area contributed by atoms with E-state index in [1.54, 1.807) is 0 Å². The lowest BCUT2D eigenvalue weighted by atomic mass is 10.0. The van der Waals surface area contributed by atoms with Crippen LogP contribution in [0.1, 0.15) is 91.0 Å². The van der Waals surface area contributed by atoms with Gasteiger partial charge in [-0.25, -0.2) is 4.79 Å². The van der Waals surface area contributed by atoms with E-state index in [4.69, 9.17) is 9.15 Å². The van der Waals surface area contributed by atoms with Gasteiger partial charge in [-0.2, -0.15) is 4.98 Å². The molecule has 0 bridgehead atoms. The molecule has 0 saturated carbocycles. The van der Waals surface area contributed by atoms with Crippen molar-refractivity contribution in [3.05, 3.63) is 23.8 Å². The highest BCUT2D eigenvalue weighted by molar-refractivity contribution is 5.75. The molecule has 0 atom stereocenters. The van der Waals surface area contributed by atoms with E-state index < -0.39 is 11.7 Å². The van der Waals surface area contributed by atoms with Gasteiger partial charge in [0.15, 0.2) is 5.58 Å². The summed E-state index contributed by atoms with van der Waals surface area (Å²) >= 11 is 0. The van der Waals surface area contributed by atoms with Gasteiger partial charge in [-0.05, 0) is 51.3 Å². The molecule has 2 rings (SSSR count). The number of nitrogens with zero attached hydrogens (tertiary/aromatic N) is 1. The van der Waals surface area contributed by atoms with Crippen LogP contribution in [0.3, 0.4) is 0 Å². The lowest BCUT2D eigenvalue weighted by Gasteiger charge is -2.19. The van der Waals surface area contributed by atoms with E-state index in [1.165, 1.54) is 63.4 Å². The average molecular weight is 432 g/mol. The average Bonchev–Trinajstić information content (AvgIpc) is 3.11. The van der Waals surface area contributed by atoms with Crippen molar-refractivity contribution in [3.63, 3.8) is 0 Å². The van der Waals surface area contributed by atoms with Gasteiger partial charge in [0.25, 0.3) is 6.01 Å². The number of hydrogen-bond donors (Lipinski definition) is 2. The first kappa shape index (κ1) is 25.0. The van der Waals surface area contributed by atoms with E-state index in [0.29, 0.717) is 19.1 Å². The molecular formula is C25H41N3O3. The van der Waals surface area contributed by atoms with Crippen molar-refractivity contribution in [2.75, 3.05) is 18.4 Å². The zero-order valence-corrected chi connectivity index (χ0v) is 19.9. The maximum atomic E-state index is 11.6. The predicted octanol–water partition coefficient (Wildman–Crippen LogP) is 6.84. The Hall–Kier alpha value is -2.24. The maximum absolute atomic E-state index is 11.6. The summed E-state index contributed by atoms with van der Waals surface area (Å²) in [4.78, 5) is 16.2. The molecule has 6 nitrogen and oxygen atoms in total. The molecule has 1 aromatic carbocycles. The maximum Gasteiger partial charge on any atom is 0.407 e. The van der Waals surface area contributed by atoms with Crippen molar-refractivity contribution < 1.29 is 13.9 Å². The number of fused-ring (bicyclic) bond motifs is 1. The van der Waals surface area contributed by atoms with E-state index in [-0.39, 0.29) is 0 Å². The van der Waals surface area contributed by atoms with Crippen LogP contribution in [0.4, 0.5) is 10.8 Å². The van der Waals surface area contributed by atoms with Crippen molar-refractivity contribution in [1.82, 2.24) is 10.3 Å². The second kappa shape index (κ2) is 13.2. The number of alkyl carbamates (subject to hydrolysis) is 1. The molecule has 31 heavy (non-hydrogen) atoms. The van der Waals surface area contributed by atoms with E-state index in [9.17, 15) is 4.79 Å². The number of oxazole rings is 1. The molecule has 0 saturated heterocycles. The first-order valence-electron chi connectivity index (χ1n) is 12.0. The highest BCUT2D eigenvalue weighted by Crippen LogP contribution is 2.21. The van der Waals surface area contributed by atoms with E-state index in [0.717, 1.165) is 17.5 Å². The SMILES string of the molecule is CCCCCCCCCCCc1ccc2oc(NCCNC(=O)OC(C)(C)C)nc2c1. The Bertz CT molecular complexity index is 780. The highest BCUT2D eigenvalue weighted by atomic mass is 16.6. The Morgan fingerprint density at radius 1 is 1.00 bits per heavy atom. The number of ether oxygens (including phenoxy) is 1. The number of aromatic nitrogens is 1. The number of unbranched alkanes of at least 4 members (excludes halogenated alkanes) is 8. The molecule has 0 spiro atoms. The van der Waals surface area contributed by atoms with Gasteiger partial charge < -0.3 is 19.8 Å². The largest absolute Gasteiger partial charge is 0.444 e. The van der Waals surface area contributed by atoms with Crippen LogP contribution in [0.25, 0.3) is 11.1 Å². The minimum Gasteiger partial charge on any atom is -0.444 e. The molecule has 6 heteroatoms. The smallest absolute Gasteiger partial charge is 0.407 e. The minimum atomic E-state index is -0.496. The molecule has 174 valence electrons. The molecule has 2 N–H and O–H groups in total. The zero-order valence-electron chi connectivity index (χ0n) is 19.9. The molecule has 0 radical (unpaired) electrons. The van der Waals surface area contributed by atoms with Gasteiger partial charge in [0.2, 0.25) is 0 Å². The van der Waals surface area contributed by atoms with Crippen LogP contribution < -0.4 is 10.6 Å². The summed E-state index contributed by atoms with van der Waals surface area (Å²) in [7, 11) is 0. The molecular weight excluding hydrogens is 390 g/mol. The van der Waals surface area contributed by atoms with Crippen molar-refractivity contribution in [2.24, 2.45) is 0 Å². The van der Waals surface area contributed by atoms with Gasteiger partial charge in [-0.15, -0.1) is 0 Å². The van der Waals surface area contributed by atoms with Crippen LogP contribution in [0, 0.1) is 0 Å². The van der Waals surface area contributed by atoms with Crippen molar-refractivity contribution >= 4 is 23.2 Å². The van der Waals surface area contributed by atoms with Crippen molar-refractivity contribution in [3.8, 4) is 0 Å². The number of carbonyl (C=O) groups is 1. The summed E-state index contributed by atoms with van der Waals surface area (Å²) in [6.45, 7) is 8.72. The van der Waals surface area contributed by atoms with E-state index >= 15 is 0 Å². The van der Waals surface area contributed by atoms with Crippen LogP contribution in [-0.4, -0.2) is 29.8 Å². The summed E-state index contributed by atoms with van der Waals surface area (Å²) in [5.74, 6) is 0. The number of amides is 1. The first-order valence-corrected chi connectivity index (χ1v) is 12.0. The van der Waals surface area contributed by atoms with Crippen molar-refractivity contribution in [2.45, 2.75) is 97.5 Å². The third-order valence-electron chi connectivity index (χ3n) is 5.09. The molecule has 0 fully saturated rings. The highest BCUT2D eigenvalue weighted by Gasteiger charge is 2.15. The number of aryl methyl sites for hydroxylation is 1. The summed E-state index contributed by atoms with van der Waals surface area (Å²) in [5, 5.41) is 5.82.